The molecule has 3 aliphatic rings. The molecule has 3 aliphatic heterocycles. The third-order valence-electron chi connectivity index (χ3n) is 7.40. The lowest BCUT2D eigenvalue weighted by Gasteiger charge is -2.31. The van der Waals surface area contributed by atoms with Crippen molar-refractivity contribution in [1.82, 2.24) is 14.9 Å². The van der Waals surface area contributed by atoms with E-state index in [0.29, 0.717) is 46.5 Å². The molecular weight excluding hydrogens is 518 g/mol. The summed E-state index contributed by atoms with van der Waals surface area (Å²) < 4.78 is 18.1. The van der Waals surface area contributed by atoms with Crippen LogP contribution in [0.4, 0.5) is 0 Å². The Kier molecular flexibility index (Phi) is 7.28. The molecule has 0 saturated heterocycles. The summed E-state index contributed by atoms with van der Waals surface area (Å²) in [6.07, 6.45) is 0.854. The topological polar surface area (TPSA) is 149 Å². The Morgan fingerprint density at radius 1 is 1.15 bits per heavy atom. The summed E-state index contributed by atoms with van der Waals surface area (Å²) in [5.41, 5.74) is 2.64. The van der Waals surface area contributed by atoms with Crippen molar-refractivity contribution in [2.75, 3.05) is 19.9 Å². The Morgan fingerprint density at radius 3 is 2.52 bits per heavy atom. The van der Waals surface area contributed by atoms with Crippen molar-refractivity contribution in [2.24, 2.45) is 5.92 Å². The lowest BCUT2D eigenvalue weighted by molar-refractivity contribution is -0.172. The van der Waals surface area contributed by atoms with Gasteiger partial charge in [-0.1, -0.05) is 20.8 Å². The molecule has 1 unspecified atom stereocenters. The number of carboxylic acids is 1. The highest BCUT2D eigenvalue weighted by Crippen LogP contribution is 2.43. The minimum absolute atomic E-state index is 0.107. The number of esters is 1. The Labute approximate surface area is 230 Å². The molecule has 40 heavy (non-hydrogen) atoms. The fourth-order valence-electron chi connectivity index (χ4n) is 5.44. The molecule has 0 amide bonds. The third kappa shape index (κ3) is 4.69. The first kappa shape index (κ1) is 27.6. The molecule has 3 N–H and O–H groups in total. The molecule has 5 heterocycles. The molecule has 0 spiro atoms. The van der Waals surface area contributed by atoms with E-state index >= 15 is 0 Å². The van der Waals surface area contributed by atoms with E-state index in [-0.39, 0.29) is 25.4 Å². The number of nitrogens with one attached hydrogen (secondary N) is 1. The highest BCUT2D eigenvalue weighted by molar-refractivity contribution is 5.91. The zero-order valence-electron chi connectivity index (χ0n) is 23.0. The summed E-state index contributed by atoms with van der Waals surface area (Å²) in [7, 11) is 0. The van der Waals surface area contributed by atoms with Crippen molar-refractivity contribution in [3.8, 4) is 22.9 Å². The average molecular weight is 552 g/mol. The summed E-state index contributed by atoms with van der Waals surface area (Å²) in [6, 6.07) is 5.60. The number of carbonyl (C=O) groups is 2. The minimum atomic E-state index is -1.85. The normalized spacial score (nSPS) is 18.1. The van der Waals surface area contributed by atoms with Gasteiger partial charge in [0, 0.05) is 29.5 Å². The van der Waals surface area contributed by atoms with Crippen LogP contribution in [-0.2, 0) is 39.5 Å². The van der Waals surface area contributed by atoms with Gasteiger partial charge in [-0.3, -0.25) is 9.59 Å². The Hall–Kier alpha value is -3.96. The second-order valence-corrected chi connectivity index (χ2v) is 10.6. The number of pyridine rings is 2. The largest absolute Gasteiger partial charge is 0.481 e. The lowest BCUT2D eigenvalue weighted by atomic mass is 9.86. The summed E-state index contributed by atoms with van der Waals surface area (Å²) in [5, 5.41) is 23.0. The number of fused-ring (bicyclic) bond motifs is 6. The van der Waals surface area contributed by atoms with E-state index in [1.54, 1.807) is 17.6 Å². The summed E-state index contributed by atoms with van der Waals surface area (Å²) in [5.74, 6) is 0.307. The molecule has 212 valence electrons. The maximum absolute atomic E-state index is 13.6. The third-order valence-corrected chi connectivity index (χ3v) is 7.40. The van der Waals surface area contributed by atoms with Crippen LogP contribution in [0.25, 0.3) is 22.3 Å². The Balaban J connectivity index is 0.000000758. The van der Waals surface area contributed by atoms with E-state index in [2.05, 4.69) is 19.2 Å². The summed E-state index contributed by atoms with van der Waals surface area (Å²) in [4.78, 5) is 40.0. The van der Waals surface area contributed by atoms with Gasteiger partial charge in [-0.2, -0.15) is 0 Å². The maximum atomic E-state index is 13.6. The Bertz CT molecular complexity index is 1570. The number of aliphatic hydroxyl groups is 1. The number of carbonyl (C=O) groups excluding carboxylic acids is 1. The lowest BCUT2D eigenvalue weighted by Crippen LogP contribution is -2.44. The van der Waals surface area contributed by atoms with E-state index in [1.807, 2.05) is 12.1 Å². The molecule has 2 aromatic heterocycles. The number of ether oxygens (including phenoxy) is 3. The van der Waals surface area contributed by atoms with Crippen LogP contribution in [-0.4, -0.2) is 51.6 Å². The first-order chi connectivity index (χ1) is 19.0. The molecule has 11 heteroatoms. The van der Waals surface area contributed by atoms with Crippen LogP contribution < -0.4 is 20.3 Å². The van der Waals surface area contributed by atoms with Crippen LogP contribution in [0.1, 0.15) is 56.4 Å². The molecule has 6 rings (SSSR count). The van der Waals surface area contributed by atoms with E-state index < -0.39 is 17.5 Å². The first-order valence-corrected chi connectivity index (χ1v) is 13.4. The molecule has 0 saturated carbocycles. The molecule has 3 aromatic rings. The molecule has 0 aliphatic carbocycles. The van der Waals surface area contributed by atoms with E-state index in [4.69, 9.17) is 29.1 Å². The second-order valence-electron chi connectivity index (χ2n) is 10.6. The minimum Gasteiger partial charge on any atom is -0.481 e. The monoisotopic (exact) mass is 551 g/mol. The number of cyclic esters (lactones) is 1. The van der Waals surface area contributed by atoms with Gasteiger partial charge in [0.25, 0.3) is 11.5 Å². The van der Waals surface area contributed by atoms with Gasteiger partial charge >= 0.3 is 5.97 Å². The van der Waals surface area contributed by atoms with Crippen molar-refractivity contribution in [3.05, 3.63) is 50.8 Å². The van der Waals surface area contributed by atoms with E-state index in [0.717, 1.165) is 48.5 Å². The molecule has 1 aromatic carbocycles. The number of aliphatic carboxylic acids is 1. The smallest absolute Gasteiger partial charge is 0.343 e. The molecule has 0 bridgehead atoms. The van der Waals surface area contributed by atoms with Gasteiger partial charge in [-0.15, -0.1) is 0 Å². The number of nitrogens with zero attached hydrogens (tertiary/aromatic N) is 2. The van der Waals surface area contributed by atoms with E-state index in [9.17, 15) is 14.7 Å². The Morgan fingerprint density at radius 2 is 1.85 bits per heavy atom. The van der Waals surface area contributed by atoms with Crippen LogP contribution in [0.15, 0.2) is 23.0 Å². The van der Waals surface area contributed by atoms with Crippen LogP contribution in [0.2, 0.25) is 0 Å². The molecular formula is C29H33N3O8. The van der Waals surface area contributed by atoms with Crippen molar-refractivity contribution < 1.29 is 34.0 Å². The number of rotatable bonds is 6. The van der Waals surface area contributed by atoms with Gasteiger partial charge in [0.1, 0.15) is 6.61 Å². The zero-order valence-corrected chi connectivity index (χ0v) is 23.0. The van der Waals surface area contributed by atoms with Gasteiger partial charge < -0.3 is 34.3 Å². The number of carboxylic acid groups (broad SMARTS) is 1. The first-order valence-electron chi connectivity index (χ1n) is 13.4. The van der Waals surface area contributed by atoms with Crippen molar-refractivity contribution >= 4 is 22.8 Å². The summed E-state index contributed by atoms with van der Waals surface area (Å²) >= 11 is 0. The van der Waals surface area contributed by atoms with Crippen LogP contribution in [0, 0.1) is 5.92 Å². The quantitative estimate of drug-likeness (QED) is 0.241. The highest BCUT2D eigenvalue weighted by atomic mass is 16.7. The number of benzene rings is 1. The van der Waals surface area contributed by atoms with Gasteiger partial charge in [0.2, 0.25) is 6.79 Å². The van der Waals surface area contributed by atoms with Crippen LogP contribution in [0.5, 0.6) is 11.5 Å². The zero-order chi connectivity index (χ0) is 28.8. The molecule has 1 atom stereocenters. The van der Waals surface area contributed by atoms with Crippen LogP contribution in [0.3, 0.4) is 0 Å². The molecule has 11 nitrogen and oxygen atoms in total. The predicted octanol–water partition coefficient (Wildman–Crippen LogP) is 2.69. The standard InChI is InChI=1S/C27H29N3O6.C2H4O2/c1-4-27(33)19-8-21-24-17(11-30(21)25(31)18(19)12-34-26(27)32)15(5-6-28-10-14(2)3)16-7-22-23(36-13-35-22)9-20(16)29-24;1-2(3)4/h7-9,14,28,33H,4-6,10-13H2,1-3H3;1H3,(H,3,4). The number of aromatic nitrogens is 2. The fraction of sp³-hybridized carbons (Fsp3) is 0.448. The molecule has 0 fully saturated rings. The van der Waals surface area contributed by atoms with E-state index in [1.165, 1.54) is 0 Å². The fourth-order valence-corrected chi connectivity index (χ4v) is 5.44. The average Bonchev–Trinajstić information content (AvgIpc) is 3.51. The van der Waals surface area contributed by atoms with Gasteiger partial charge in [-0.05, 0) is 49.5 Å². The summed E-state index contributed by atoms with van der Waals surface area (Å²) in [6.45, 7) is 9.21. The number of hydrogen-bond donors (Lipinski definition) is 3. The van der Waals surface area contributed by atoms with Gasteiger partial charge in [-0.25, -0.2) is 9.78 Å². The second kappa shape index (κ2) is 10.5. The van der Waals surface area contributed by atoms with Gasteiger partial charge in [0.05, 0.1) is 29.0 Å². The van der Waals surface area contributed by atoms with Crippen LogP contribution >= 0.6 is 0 Å². The van der Waals surface area contributed by atoms with Crippen molar-refractivity contribution in [1.29, 1.82) is 0 Å². The predicted molar refractivity (Wildman–Crippen MR) is 145 cm³/mol. The maximum Gasteiger partial charge on any atom is 0.343 e. The number of hydrogen-bond acceptors (Lipinski definition) is 9. The molecule has 0 radical (unpaired) electrons. The van der Waals surface area contributed by atoms with Crippen molar-refractivity contribution in [2.45, 2.75) is 59.3 Å². The van der Waals surface area contributed by atoms with Crippen molar-refractivity contribution in [3.63, 3.8) is 0 Å². The highest BCUT2D eigenvalue weighted by Gasteiger charge is 2.45. The van der Waals surface area contributed by atoms with Gasteiger partial charge in [0.15, 0.2) is 17.1 Å². The SMILES string of the molecule is CC(=O)O.CCC1(O)C(=O)OCc2c1cc1n(c2=O)Cc2c-1nc1cc3c(cc1c2CCNCC(C)C)OCO3.